The number of hydrogen-bond acceptors (Lipinski definition) is 5. The highest BCUT2D eigenvalue weighted by molar-refractivity contribution is 5.87. The summed E-state index contributed by atoms with van der Waals surface area (Å²) in [6, 6.07) is 3.66. The van der Waals surface area contributed by atoms with E-state index in [9.17, 15) is 18.0 Å². The maximum atomic E-state index is 13.7. The topological polar surface area (TPSA) is 85.9 Å². The van der Waals surface area contributed by atoms with E-state index in [0.717, 1.165) is 48.4 Å². The van der Waals surface area contributed by atoms with Crippen molar-refractivity contribution in [2.24, 2.45) is 0 Å². The predicted molar refractivity (Wildman–Crippen MR) is 102 cm³/mol. The lowest BCUT2D eigenvalue weighted by molar-refractivity contribution is -0.120. The highest BCUT2D eigenvalue weighted by Gasteiger charge is 2.24. The van der Waals surface area contributed by atoms with Crippen molar-refractivity contribution in [2.75, 3.05) is 29.9 Å². The van der Waals surface area contributed by atoms with Crippen LogP contribution in [0.4, 0.5) is 24.7 Å². The van der Waals surface area contributed by atoms with E-state index in [2.05, 4.69) is 30.5 Å². The van der Waals surface area contributed by atoms with Crippen molar-refractivity contribution in [3.05, 3.63) is 48.2 Å². The molecule has 1 aromatic carbocycles. The van der Waals surface area contributed by atoms with Gasteiger partial charge in [0.1, 0.15) is 17.8 Å². The highest BCUT2D eigenvalue weighted by atomic mass is 19.2. The third kappa shape index (κ3) is 3.96. The number of anilines is 2. The summed E-state index contributed by atoms with van der Waals surface area (Å²) in [5.41, 5.74) is 0.485. The number of carbonyl (C=O) groups is 1. The number of amides is 1. The molecular weight excluding hydrogens is 385 g/mol. The minimum Gasteiger partial charge on any atom is -0.374 e. The second-order valence-corrected chi connectivity index (χ2v) is 6.87. The Hall–Kier alpha value is -3.30. The second kappa shape index (κ2) is 7.98. The number of rotatable bonds is 5. The Kier molecular flexibility index (Phi) is 5.24. The van der Waals surface area contributed by atoms with E-state index < -0.39 is 17.5 Å². The molecule has 0 aliphatic carbocycles. The molecule has 2 aromatic heterocycles. The molecule has 3 N–H and O–H groups in total. The van der Waals surface area contributed by atoms with Gasteiger partial charge in [0.2, 0.25) is 5.91 Å². The first-order chi connectivity index (χ1) is 14.0. The zero-order valence-corrected chi connectivity index (χ0v) is 15.4. The van der Waals surface area contributed by atoms with Gasteiger partial charge >= 0.3 is 0 Å². The summed E-state index contributed by atoms with van der Waals surface area (Å²) in [5, 5.41) is 6.31. The summed E-state index contributed by atoms with van der Waals surface area (Å²) in [6.07, 6.45) is 4.96. The Morgan fingerprint density at radius 3 is 2.93 bits per heavy atom. The molecule has 3 aromatic rings. The summed E-state index contributed by atoms with van der Waals surface area (Å²) >= 11 is 0. The summed E-state index contributed by atoms with van der Waals surface area (Å²) in [6.45, 7) is 1.12. The van der Waals surface area contributed by atoms with Gasteiger partial charge in [0.15, 0.2) is 17.5 Å². The number of piperidine rings is 1. The molecule has 4 rings (SSSR count). The number of hydrogen-bond donors (Lipinski definition) is 3. The van der Waals surface area contributed by atoms with Crippen LogP contribution in [0.25, 0.3) is 11.0 Å². The first-order valence-corrected chi connectivity index (χ1v) is 9.22. The van der Waals surface area contributed by atoms with E-state index in [1.165, 1.54) is 6.33 Å². The van der Waals surface area contributed by atoms with Gasteiger partial charge in [-0.3, -0.25) is 4.79 Å². The van der Waals surface area contributed by atoms with E-state index in [0.29, 0.717) is 6.54 Å². The molecule has 0 radical (unpaired) electrons. The molecule has 1 fully saturated rings. The second-order valence-electron chi connectivity index (χ2n) is 6.87. The van der Waals surface area contributed by atoms with Gasteiger partial charge in [-0.15, -0.1) is 0 Å². The van der Waals surface area contributed by atoms with Crippen LogP contribution in [0.3, 0.4) is 0 Å². The zero-order chi connectivity index (χ0) is 20.4. The van der Waals surface area contributed by atoms with Crippen molar-refractivity contribution >= 4 is 28.4 Å². The molecule has 29 heavy (non-hydrogen) atoms. The van der Waals surface area contributed by atoms with Gasteiger partial charge in [0.05, 0.1) is 17.6 Å². The fourth-order valence-corrected chi connectivity index (χ4v) is 3.51. The average Bonchev–Trinajstić information content (AvgIpc) is 3.20. The number of nitrogens with zero attached hydrogens (tertiary/aromatic N) is 3. The number of fused-ring (bicyclic) bond motifs is 1. The van der Waals surface area contributed by atoms with Gasteiger partial charge in [-0.1, -0.05) is 0 Å². The normalized spacial score (nSPS) is 16.8. The fourth-order valence-electron chi connectivity index (χ4n) is 3.51. The van der Waals surface area contributed by atoms with Crippen molar-refractivity contribution in [1.82, 2.24) is 20.3 Å². The number of nitrogens with one attached hydrogen (secondary N) is 3. The Morgan fingerprint density at radius 2 is 2.07 bits per heavy atom. The van der Waals surface area contributed by atoms with Crippen LogP contribution in [-0.4, -0.2) is 46.5 Å². The van der Waals surface area contributed by atoms with E-state index >= 15 is 0 Å². The molecule has 152 valence electrons. The molecule has 0 saturated carbocycles. The standard InChI is InChI=1S/C19H19F3N6O/c20-13-3-4-14(17(22)16(13)21)24-8-15(29)27-11-2-1-7-28(9-11)19-12-5-6-23-18(12)25-10-26-19/h3-6,10-11,24H,1-2,7-9H2,(H,27,29)(H,23,25,26)/t11-/m1/s1. The SMILES string of the molecule is O=C(CNc1ccc(F)c(F)c1F)N[C@@H]1CCCN(c2ncnc3[nH]ccc23)C1. The van der Waals surface area contributed by atoms with Crippen LogP contribution >= 0.6 is 0 Å². The summed E-state index contributed by atoms with van der Waals surface area (Å²) in [7, 11) is 0. The van der Waals surface area contributed by atoms with E-state index in [1.54, 1.807) is 6.20 Å². The van der Waals surface area contributed by atoms with Crippen molar-refractivity contribution < 1.29 is 18.0 Å². The van der Waals surface area contributed by atoms with Crippen LogP contribution in [-0.2, 0) is 4.79 Å². The van der Waals surface area contributed by atoms with E-state index in [4.69, 9.17) is 0 Å². The van der Waals surface area contributed by atoms with Crippen molar-refractivity contribution in [3.63, 3.8) is 0 Å². The fraction of sp³-hybridized carbons (Fsp3) is 0.316. The van der Waals surface area contributed by atoms with Gasteiger partial charge in [-0.05, 0) is 31.0 Å². The maximum absolute atomic E-state index is 13.7. The van der Waals surface area contributed by atoms with Gasteiger partial charge in [0.25, 0.3) is 0 Å². The molecule has 1 atom stereocenters. The molecule has 0 spiro atoms. The molecule has 1 saturated heterocycles. The molecule has 7 nitrogen and oxygen atoms in total. The third-order valence-electron chi connectivity index (χ3n) is 4.89. The van der Waals surface area contributed by atoms with Crippen LogP contribution in [0.2, 0.25) is 0 Å². The third-order valence-corrected chi connectivity index (χ3v) is 4.89. The number of aromatic nitrogens is 3. The Bertz CT molecular complexity index is 1040. The lowest BCUT2D eigenvalue weighted by Crippen LogP contribution is -2.49. The molecule has 1 aliphatic rings. The molecule has 3 heterocycles. The molecule has 0 bridgehead atoms. The van der Waals surface area contributed by atoms with Crippen molar-refractivity contribution in [1.29, 1.82) is 0 Å². The minimum atomic E-state index is -1.57. The highest BCUT2D eigenvalue weighted by Crippen LogP contribution is 2.25. The smallest absolute Gasteiger partial charge is 0.239 e. The van der Waals surface area contributed by atoms with Crippen LogP contribution in [0, 0.1) is 17.5 Å². The van der Waals surface area contributed by atoms with E-state index in [-0.39, 0.29) is 24.2 Å². The first kappa shape index (κ1) is 19.0. The molecule has 1 amide bonds. The number of halogens is 3. The largest absolute Gasteiger partial charge is 0.374 e. The quantitative estimate of drug-likeness (QED) is 0.569. The monoisotopic (exact) mass is 404 g/mol. The van der Waals surface area contributed by atoms with E-state index in [1.807, 2.05) is 6.07 Å². The lowest BCUT2D eigenvalue weighted by atomic mass is 10.1. The van der Waals surface area contributed by atoms with Gasteiger partial charge < -0.3 is 20.5 Å². The number of carbonyl (C=O) groups excluding carboxylic acids is 1. The predicted octanol–water partition coefficient (Wildman–Crippen LogP) is 2.57. The molecular formula is C19H19F3N6O. The Balaban J connectivity index is 1.36. The first-order valence-electron chi connectivity index (χ1n) is 9.22. The van der Waals surface area contributed by atoms with Crippen LogP contribution in [0.1, 0.15) is 12.8 Å². The summed E-state index contributed by atoms with van der Waals surface area (Å²) in [4.78, 5) is 26.0. The average molecular weight is 404 g/mol. The number of aromatic amines is 1. The lowest BCUT2D eigenvalue weighted by Gasteiger charge is -2.34. The molecule has 1 aliphatic heterocycles. The van der Waals surface area contributed by atoms with Crippen LogP contribution < -0.4 is 15.5 Å². The van der Waals surface area contributed by atoms with Gasteiger partial charge in [-0.25, -0.2) is 23.1 Å². The van der Waals surface area contributed by atoms with Gasteiger partial charge in [0, 0.05) is 25.3 Å². The maximum Gasteiger partial charge on any atom is 0.239 e. The minimum absolute atomic E-state index is 0.114. The number of benzene rings is 1. The molecule has 10 heteroatoms. The zero-order valence-electron chi connectivity index (χ0n) is 15.4. The van der Waals surface area contributed by atoms with Crippen LogP contribution in [0.15, 0.2) is 30.7 Å². The van der Waals surface area contributed by atoms with Crippen molar-refractivity contribution in [3.8, 4) is 0 Å². The van der Waals surface area contributed by atoms with Gasteiger partial charge in [-0.2, -0.15) is 0 Å². The van der Waals surface area contributed by atoms with Crippen molar-refractivity contribution in [2.45, 2.75) is 18.9 Å². The number of H-pyrrole nitrogens is 1. The summed E-state index contributed by atoms with van der Waals surface area (Å²) < 4.78 is 39.9. The summed E-state index contributed by atoms with van der Waals surface area (Å²) in [5.74, 6) is -3.76. The Morgan fingerprint density at radius 1 is 1.21 bits per heavy atom. The molecule has 0 unspecified atom stereocenters. The Labute approximate surface area is 164 Å². The van der Waals surface area contributed by atoms with Crippen LogP contribution in [0.5, 0.6) is 0 Å².